The van der Waals surface area contributed by atoms with Gasteiger partial charge in [0.15, 0.2) is 11.5 Å². The second kappa shape index (κ2) is 9.24. The van der Waals surface area contributed by atoms with E-state index >= 15 is 0 Å². The summed E-state index contributed by atoms with van der Waals surface area (Å²) in [6, 6.07) is 10.5. The van der Waals surface area contributed by atoms with Crippen LogP contribution in [0, 0.1) is 6.92 Å². The molecule has 5 rings (SSSR count). The van der Waals surface area contributed by atoms with Gasteiger partial charge in [-0.05, 0) is 76.8 Å². The van der Waals surface area contributed by atoms with E-state index in [1.165, 1.54) is 27.7 Å². The van der Waals surface area contributed by atoms with Crippen LogP contribution in [-0.2, 0) is 13.0 Å². The average Bonchev–Trinajstić information content (AvgIpc) is 3.15. The number of nitrogens with zero attached hydrogens (tertiary/aromatic N) is 2. The van der Waals surface area contributed by atoms with Crippen molar-refractivity contribution in [2.75, 3.05) is 26.4 Å². The Labute approximate surface area is 201 Å². The van der Waals surface area contributed by atoms with Gasteiger partial charge in [-0.2, -0.15) is 0 Å². The molecule has 2 aromatic carbocycles. The quantitative estimate of drug-likeness (QED) is 0.453. The first kappa shape index (κ1) is 22.6. The number of carbonyl (C=O) groups excluding carboxylic acids is 1. The number of amides is 1. The molecule has 1 amide bonds. The van der Waals surface area contributed by atoms with Crippen molar-refractivity contribution in [3.05, 3.63) is 52.7 Å². The molecule has 0 spiro atoms. The number of aryl methyl sites for hydroxylation is 2. The molecule has 34 heavy (non-hydrogen) atoms. The van der Waals surface area contributed by atoms with Crippen molar-refractivity contribution in [2.24, 2.45) is 0 Å². The van der Waals surface area contributed by atoms with Crippen molar-refractivity contribution < 1.29 is 19.0 Å². The molecular weight excluding hydrogens is 428 g/mol. The predicted octanol–water partition coefficient (Wildman–Crippen LogP) is 5.68. The van der Waals surface area contributed by atoms with Gasteiger partial charge in [0.1, 0.15) is 0 Å². The molecule has 1 aliphatic heterocycles. The molecule has 2 heterocycles. The zero-order valence-corrected chi connectivity index (χ0v) is 20.6. The lowest BCUT2D eigenvalue weighted by Crippen LogP contribution is -2.43. The van der Waals surface area contributed by atoms with E-state index in [0.29, 0.717) is 49.2 Å². The first-order valence-corrected chi connectivity index (χ1v) is 12.6. The van der Waals surface area contributed by atoms with Crippen molar-refractivity contribution in [3.63, 3.8) is 0 Å². The molecule has 6 nitrogen and oxygen atoms in total. The fourth-order valence-corrected chi connectivity index (χ4v) is 5.64. The van der Waals surface area contributed by atoms with Crippen LogP contribution in [0.4, 0.5) is 0 Å². The van der Waals surface area contributed by atoms with Crippen LogP contribution in [0.25, 0.3) is 10.9 Å². The van der Waals surface area contributed by atoms with Crippen molar-refractivity contribution in [1.82, 2.24) is 9.47 Å². The molecule has 0 saturated heterocycles. The predicted molar refractivity (Wildman–Crippen MR) is 133 cm³/mol. The van der Waals surface area contributed by atoms with Gasteiger partial charge < -0.3 is 23.7 Å². The summed E-state index contributed by atoms with van der Waals surface area (Å²) in [5, 5.41) is 1.35. The fourth-order valence-electron chi connectivity index (χ4n) is 5.64. The molecule has 0 bridgehead atoms. The molecule has 0 saturated carbocycles. The standard InChI is InChI=1S/C28H34N2O4/c1-5-32-24-16-19(17-25(33-6-2)27(24)34-7-3)28(31)30-14-13-29-22-12-11-18(4)15-21(22)20-9-8-10-23(30)26(20)29/h11-12,15-17,23H,5-10,13-14H2,1-4H3/t23-/m0/s1. The number of aromatic nitrogens is 1. The highest BCUT2D eigenvalue weighted by Crippen LogP contribution is 2.44. The number of ether oxygens (including phenoxy) is 3. The minimum absolute atomic E-state index is 0.0236. The molecule has 6 heteroatoms. The van der Waals surface area contributed by atoms with Crippen LogP contribution in [0.5, 0.6) is 17.2 Å². The first-order valence-electron chi connectivity index (χ1n) is 12.6. The van der Waals surface area contributed by atoms with Crippen LogP contribution >= 0.6 is 0 Å². The number of benzene rings is 2. The van der Waals surface area contributed by atoms with E-state index in [0.717, 1.165) is 25.8 Å². The fraction of sp³-hybridized carbons (Fsp3) is 0.464. The third-order valence-electron chi connectivity index (χ3n) is 6.95. The third kappa shape index (κ3) is 3.69. The Hall–Kier alpha value is -3.15. The summed E-state index contributed by atoms with van der Waals surface area (Å²) in [5.74, 6) is 1.71. The summed E-state index contributed by atoms with van der Waals surface area (Å²) in [7, 11) is 0. The van der Waals surface area contributed by atoms with E-state index in [4.69, 9.17) is 14.2 Å². The van der Waals surface area contributed by atoms with Crippen LogP contribution < -0.4 is 14.2 Å². The summed E-state index contributed by atoms with van der Waals surface area (Å²) in [4.78, 5) is 16.0. The maximum atomic E-state index is 13.9. The Balaban J connectivity index is 1.56. The minimum atomic E-state index is 0.0236. The lowest BCUT2D eigenvalue weighted by molar-refractivity contribution is 0.0600. The Kier molecular flexibility index (Phi) is 6.15. The monoisotopic (exact) mass is 462 g/mol. The Morgan fingerprint density at radius 2 is 1.68 bits per heavy atom. The van der Waals surface area contributed by atoms with Gasteiger partial charge in [0, 0.05) is 35.2 Å². The molecule has 1 atom stereocenters. The number of hydrogen-bond acceptors (Lipinski definition) is 4. The molecule has 0 N–H and O–H groups in total. The topological polar surface area (TPSA) is 52.9 Å². The Bertz CT molecular complexity index is 1200. The highest BCUT2D eigenvalue weighted by Gasteiger charge is 2.37. The highest BCUT2D eigenvalue weighted by atomic mass is 16.5. The van der Waals surface area contributed by atoms with Crippen LogP contribution in [0.3, 0.4) is 0 Å². The molecule has 1 aromatic heterocycles. The van der Waals surface area contributed by atoms with Gasteiger partial charge in [0.25, 0.3) is 5.91 Å². The third-order valence-corrected chi connectivity index (χ3v) is 6.95. The van der Waals surface area contributed by atoms with Gasteiger partial charge >= 0.3 is 0 Å². The van der Waals surface area contributed by atoms with E-state index in [9.17, 15) is 4.79 Å². The van der Waals surface area contributed by atoms with Gasteiger partial charge in [0.2, 0.25) is 5.75 Å². The minimum Gasteiger partial charge on any atom is -0.490 e. The SMILES string of the molecule is CCOc1cc(C(=O)N2CCn3c4c(c5cc(C)ccc53)CCC[C@@H]42)cc(OCC)c1OCC. The number of carbonyl (C=O) groups is 1. The number of hydrogen-bond donors (Lipinski definition) is 0. The molecule has 3 aromatic rings. The van der Waals surface area contributed by atoms with E-state index in [2.05, 4.69) is 34.6 Å². The number of fused-ring (bicyclic) bond motifs is 3. The molecule has 0 radical (unpaired) electrons. The lowest BCUT2D eigenvalue weighted by Gasteiger charge is -2.40. The summed E-state index contributed by atoms with van der Waals surface area (Å²) in [5.41, 5.74) is 5.91. The summed E-state index contributed by atoms with van der Waals surface area (Å²) < 4.78 is 20.0. The summed E-state index contributed by atoms with van der Waals surface area (Å²) in [6.45, 7) is 10.9. The van der Waals surface area contributed by atoms with E-state index in [-0.39, 0.29) is 11.9 Å². The van der Waals surface area contributed by atoms with Crippen molar-refractivity contribution >= 4 is 16.8 Å². The Morgan fingerprint density at radius 3 is 2.35 bits per heavy atom. The Morgan fingerprint density at radius 1 is 0.971 bits per heavy atom. The molecule has 2 aliphatic rings. The number of rotatable bonds is 7. The largest absolute Gasteiger partial charge is 0.490 e. The van der Waals surface area contributed by atoms with Gasteiger partial charge in [-0.15, -0.1) is 0 Å². The van der Waals surface area contributed by atoms with E-state index in [1.807, 2.05) is 32.9 Å². The molecule has 1 aliphatic carbocycles. The van der Waals surface area contributed by atoms with E-state index < -0.39 is 0 Å². The van der Waals surface area contributed by atoms with Crippen LogP contribution in [0.1, 0.15) is 66.8 Å². The van der Waals surface area contributed by atoms with Crippen LogP contribution in [-0.4, -0.2) is 41.7 Å². The van der Waals surface area contributed by atoms with Crippen LogP contribution in [0.2, 0.25) is 0 Å². The molecular formula is C28H34N2O4. The van der Waals surface area contributed by atoms with Gasteiger partial charge in [-0.3, -0.25) is 4.79 Å². The lowest BCUT2D eigenvalue weighted by atomic mass is 9.89. The first-order chi connectivity index (χ1) is 16.6. The van der Waals surface area contributed by atoms with Gasteiger partial charge in [0.05, 0.1) is 25.9 Å². The van der Waals surface area contributed by atoms with Crippen molar-refractivity contribution in [1.29, 1.82) is 0 Å². The van der Waals surface area contributed by atoms with Crippen molar-refractivity contribution in [2.45, 2.75) is 59.5 Å². The summed E-state index contributed by atoms with van der Waals surface area (Å²) in [6.07, 6.45) is 3.15. The maximum absolute atomic E-state index is 13.9. The van der Waals surface area contributed by atoms with Gasteiger partial charge in [-0.25, -0.2) is 0 Å². The maximum Gasteiger partial charge on any atom is 0.254 e. The van der Waals surface area contributed by atoms with E-state index in [1.54, 1.807) is 0 Å². The van der Waals surface area contributed by atoms with Crippen molar-refractivity contribution in [3.8, 4) is 17.2 Å². The zero-order chi connectivity index (χ0) is 23.8. The molecule has 0 fully saturated rings. The normalized spacial score (nSPS) is 16.9. The smallest absolute Gasteiger partial charge is 0.254 e. The zero-order valence-electron chi connectivity index (χ0n) is 20.6. The second-order valence-electron chi connectivity index (χ2n) is 9.04. The summed E-state index contributed by atoms with van der Waals surface area (Å²) >= 11 is 0. The van der Waals surface area contributed by atoms with Gasteiger partial charge in [-0.1, -0.05) is 11.6 Å². The molecule has 180 valence electrons. The molecule has 0 unspecified atom stereocenters. The highest BCUT2D eigenvalue weighted by molar-refractivity contribution is 5.96. The average molecular weight is 463 g/mol. The second-order valence-corrected chi connectivity index (χ2v) is 9.04. The van der Waals surface area contributed by atoms with Crippen LogP contribution in [0.15, 0.2) is 30.3 Å².